The number of phenolic OH excluding ortho intramolecular Hbond substituents is 1. The van der Waals surface area contributed by atoms with Crippen LogP contribution in [0.2, 0.25) is 0 Å². The lowest BCUT2D eigenvalue weighted by atomic mass is 9.57. The molecule has 5 rings (SSSR count). The highest BCUT2D eigenvalue weighted by Crippen LogP contribution is 2.54. The third kappa shape index (κ3) is 4.10. The van der Waals surface area contributed by atoms with Crippen LogP contribution in [-0.4, -0.2) is 91.1 Å². The van der Waals surface area contributed by atoms with Crippen molar-refractivity contribution in [2.24, 2.45) is 17.6 Å². The van der Waals surface area contributed by atoms with Gasteiger partial charge < -0.3 is 31.1 Å². The number of aliphatic hydroxyl groups excluding tert-OH is 2. The van der Waals surface area contributed by atoms with Gasteiger partial charge in [0.15, 0.2) is 17.1 Å². The normalized spacial score (nSPS) is 25.7. The van der Waals surface area contributed by atoms with Gasteiger partial charge in [-0.2, -0.15) is 0 Å². The first-order valence-electron chi connectivity index (χ1n) is 12.8. The Morgan fingerprint density at radius 2 is 1.83 bits per heavy atom. The van der Waals surface area contributed by atoms with Crippen LogP contribution in [0.5, 0.6) is 5.75 Å². The lowest BCUT2D eigenvalue weighted by molar-refractivity contribution is -0.153. The van der Waals surface area contributed by atoms with E-state index in [0.29, 0.717) is 11.3 Å². The number of rotatable bonds is 6. The third-order valence-corrected chi connectivity index (χ3v) is 10.9. The van der Waals surface area contributed by atoms with Gasteiger partial charge in [0, 0.05) is 31.3 Å². The number of nitrogens with two attached hydrogens (primary N) is 1. The maximum absolute atomic E-state index is 14.0. The molecule has 3 unspecified atom stereocenters. The zero-order chi connectivity index (χ0) is 31.0. The predicted octanol–water partition coefficient (Wildman–Crippen LogP) is 0.892. The van der Waals surface area contributed by atoms with Crippen molar-refractivity contribution < 1.29 is 43.2 Å². The highest BCUT2D eigenvalue weighted by atomic mass is 32.2. The fraction of sp³-hybridized carbons (Fsp3) is 0.370. The molecule has 0 bridgehead atoms. The molecule has 42 heavy (non-hydrogen) atoms. The number of anilines is 2. The van der Waals surface area contributed by atoms with E-state index in [9.17, 15) is 43.2 Å². The second-order valence-electron chi connectivity index (χ2n) is 11.0. The summed E-state index contributed by atoms with van der Waals surface area (Å²) in [5, 5.41) is 47.1. The predicted molar refractivity (Wildman–Crippen MR) is 154 cm³/mol. The first-order valence-corrected chi connectivity index (χ1v) is 15.2. The van der Waals surface area contributed by atoms with Crippen molar-refractivity contribution in [2.45, 2.75) is 28.7 Å². The molecule has 1 heterocycles. The van der Waals surface area contributed by atoms with Crippen molar-refractivity contribution in [1.29, 1.82) is 0 Å². The van der Waals surface area contributed by atoms with Crippen molar-refractivity contribution in [3.8, 4) is 5.75 Å². The van der Waals surface area contributed by atoms with Crippen LogP contribution in [0.4, 0.5) is 11.4 Å². The molecule has 7 N–H and O–H groups in total. The van der Waals surface area contributed by atoms with Crippen LogP contribution in [0.15, 0.2) is 44.7 Å². The van der Waals surface area contributed by atoms with Crippen LogP contribution in [-0.2, 0) is 30.8 Å². The molecule has 2 aromatic rings. The van der Waals surface area contributed by atoms with Crippen LogP contribution < -0.4 is 15.4 Å². The number of hydrogen-bond acceptors (Lipinski definition) is 12. The Balaban J connectivity index is 1.73. The number of hydrogen-bond donors (Lipinski definition) is 6. The van der Waals surface area contributed by atoms with E-state index in [1.54, 1.807) is 30.4 Å². The van der Waals surface area contributed by atoms with E-state index in [-0.39, 0.29) is 33.9 Å². The summed E-state index contributed by atoms with van der Waals surface area (Å²) in [6.07, 6.45) is -0.000280. The van der Waals surface area contributed by atoms with Crippen LogP contribution in [0.25, 0.3) is 5.76 Å². The van der Waals surface area contributed by atoms with Crippen LogP contribution in [0.1, 0.15) is 17.5 Å². The first kappa shape index (κ1) is 29.6. The van der Waals surface area contributed by atoms with Gasteiger partial charge in [-0.3, -0.25) is 24.0 Å². The minimum Gasteiger partial charge on any atom is -0.508 e. The highest BCUT2D eigenvalue weighted by molar-refractivity contribution is 7.94. The van der Waals surface area contributed by atoms with E-state index >= 15 is 0 Å². The maximum atomic E-state index is 14.0. The number of phenols is 1. The maximum Gasteiger partial charge on any atom is 0.271 e. The van der Waals surface area contributed by atoms with Gasteiger partial charge in [-0.15, -0.1) is 11.3 Å². The number of fused-ring (bicyclic) bond motifs is 3. The molecule has 3 aliphatic rings. The molecule has 224 valence electrons. The molecule has 3 aliphatic carbocycles. The number of aliphatic hydroxyl groups is 3. The van der Waals surface area contributed by atoms with E-state index in [0.717, 1.165) is 11.3 Å². The quantitative estimate of drug-likeness (QED) is 0.198. The molecule has 4 atom stereocenters. The number of primary amides is 1. The Morgan fingerprint density at radius 1 is 1.17 bits per heavy atom. The fourth-order valence-electron chi connectivity index (χ4n) is 6.38. The Bertz CT molecular complexity index is 1710. The van der Waals surface area contributed by atoms with Crippen LogP contribution in [0.3, 0.4) is 0 Å². The summed E-state index contributed by atoms with van der Waals surface area (Å²) in [6, 6.07) is 3.15. The SMILES string of the molecule is CN(C)c1cc(NS(=O)(=O)c2cccs2)c(O)c2c1CC1CC3[C@H](N(C)C)C(=O)C(C(N)=O)=C(O)C3(O)C(=O)C1=C2O. The zero-order valence-corrected chi connectivity index (χ0v) is 24.7. The average Bonchev–Trinajstić information content (AvgIpc) is 3.43. The number of aromatic hydroxyl groups is 1. The zero-order valence-electron chi connectivity index (χ0n) is 23.1. The molecule has 0 spiro atoms. The lowest BCUT2D eigenvalue weighted by Crippen LogP contribution is -2.65. The van der Waals surface area contributed by atoms with Crippen molar-refractivity contribution in [2.75, 3.05) is 37.8 Å². The number of carbonyl (C=O) groups excluding carboxylic acids is 3. The van der Waals surface area contributed by atoms with Crippen molar-refractivity contribution in [3.63, 3.8) is 0 Å². The molecular weight excluding hydrogens is 588 g/mol. The van der Waals surface area contributed by atoms with E-state index in [4.69, 9.17) is 5.73 Å². The number of benzene rings is 1. The van der Waals surface area contributed by atoms with Crippen molar-refractivity contribution in [1.82, 2.24) is 4.90 Å². The molecule has 1 fully saturated rings. The van der Waals surface area contributed by atoms with Gasteiger partial charge in [-0.25, -0.2) is 8.42 Å². The molecule has 15 heteroatoms. The van der Waals surface area contributed by atoms with Crippen LogP contribution in [0, 0.1) is 11.8 Å². The van der Waals surface area contributed by atoms with Gasteiger partial charge in [-0.05, 0) is 55.9 Å². The molecule has 13 nitrogen and oxygen atoms in total. The Kier molecular flexibility index (Phi) is 6.92. The second-order valence-corrected chi connectivity index (χ2v) is 13.9. The standard InChI is InChI=1S/C27H30N4O9S2/c1-30(2)15-10-14(29-42(39,40)16-6-5-7-41-16)21(32)18-12(15)8-11-9-13-20(31(3)4)23(34)19(26(28)37)25(36)27(13,38)24(35)17(11)22(18)33/h5-7,10-11,13,20,29,32-33,36,38H,8-9H2,1-4H3,(H2,28,37)/t11?,13?,20-,27?/m0/s1. The monoisotopic (exact) mass is 618 g/mol. The Hall–Kier alpha value is -3.92. The van der Waals surface area contributed by atoms with E-state index in [1.807, 2.05) is 0 Å². The summed E-state index contributed by atoms with van der Waals surface area (Å²) in [4.78, 5) is 42.5. The summed E-state index contributed by atoms with van der Waals surface area (Å²) in [5.74, 6) is -7.84. The molecule has 0 saturated heterocycles. The Morgan fingerprint density at radius 3 is 2.38 bits per heavy atom. The molecule has 1 amide bonds. The summed E-state index contributed by atoms with van der Waals surface area (Å²) in [6.45, 7) is 0. The Labute approximate surface area is 245 Å². The average molecular weight is 619 g/mol. The molecule has 1 aromatic carbocycles. The number of amides is 1. The molecule has 1 aromatic heterocycles. The van der Waals surface area contributed by atoms with Gasteiger partial charge in [0.1, 0.15) is 21.3 Å². The van der Waals surface area contributed by atoms with E-state index in [1.165, 1.54) is 31.1 Å². The number of thiophene rings is 1. The minimum absolute atomic E-state index is 0.0146. The van der Waals surface area contributed by atoms with Gasteiger partial charge >= 0.3 is 0 Å². The number of carbonyl (C=O) groups is 3. The minimum atomic E-state index is -4.11. The summed E-state index contributed by atoms with van der Waals surface area (Å²) >= 11 is 0.963. The van der Waals surface area contributed by atoms with Gasteiger partial charge in [0.2, 0.25) is 5.78 Å². The van der Waals surface area contributed by atoms with Gasteiger partial charge in [0.25, 0.3) is 15.9 Å². The summed E-state index contributed by atoms with van der Waals surface area (Å²) < 4.78 is 28.3. The van der Waals surface area contributed by atoms with E-state index in [2.05, 4.69) is 4.72 Å². The number of likely N-dealkylation sites (N-methyl/N-ethyl adjacent to an activating group) is 1. The smallest absolute Gasteiger partial charge is 0.271 e. The number of sulfonamides is 1. The third-order valence-electron chi connectivity index (χ3n) is 8.18. The molecule has 0 aliphatic heterocycles. The second kappa shape index (κ2) is 9.83. The highest BCUT2D eigenvalue weighted by Gasteiger charge is 2.64. The largest absolute Gasteiger partial charge is 0.508 e. The summed E-state index contributed by atoms with van der Waals surface area (Å²) in [5.41, 5.74) is 1.71. The molecule has 1 saturated carbocycles. The molecular formula is C27H30N4O9S2. The first-order chi connectivity index (χ1) is 19.5. The number of nitrogens with one attached hydrogen (secondary N) is 1. The summed E-state index contributed by atoms with van der Waals surface area (Å²) in [7, 11) is 2.29. The van der Waals surface area contributed by atoms with Crippen LogP contribution >= 0.6 is 11.3 Å². The van der Waals surface area contributed by atoms with Gasteiger partial charge in [0.05, 0.1) is 17.3 Å². The van der Waals surface area contributed by atoms with E-state index < -0.39 is 73.8 Å². The number of nitrogens with zero attached hydrogens (tertiary/aromatic N) is 2. The van der Waals surface area contributed by atoms with Crippen molar-refractivity contribution >= 4 is 56.0 Å². The number of ketones is 2. The fourth-order valence-corrected chi connectivity index (χ4v) is 8.43. The van der Waals surface area contributed by atoms with Crippen molar-refractivity contribution in [3.05, 3.63) is 51.6 Å². The molecule has 0 radical (unpaired) electrons. The topological polar surface area (TPSA) is 211 Å². The van der Waals surface area contributed by atoms with Gasteiger partial charge in [-0.1, -0.05) is 6.07 Å². The lowest BCUT2D eigenvalue weighted by Gasteiger charge is -2.50. The number of Topliss-reactive ketones (excluding diaryl/α,β-unsaturated/α-hetero) is 2.